The number of hydrogen-bond acceptors (Lipinski definition) is 12. The molecule has 1 unspecified atom stereocenters. The van der Waals surface area contributed by atoms with Crippen molar-refractivity contribution in [2.45, 2.75) is 50.2 Å². The van der Waals surface area contributed by atoms with Crippen LogP contribution in [-0.2, 0) is 32.7 Å². The molecule has 5 heterocycles. The molecule has 1 spiro atoms. The lowest BCUT2D eigenvalue weighted by atomic mass is 9.77. The number of hydrogen-bond donors (Lipinski definition) is 0. The third kappa shape index (κ3) is 6.84. The summed E-state index contributed by atoms with van der Waals surface area (Å²) in [5, 5.41) is 1.32. The molecule has 1 saturated carbocycles. The normalized spacial score (nSPS) is 18.8. The molecule has 0 N–H and O–H groups in total. The molecule has 8 rings (SSSR count). The summed E-state index contributed by atoms with van der Waals surface area (Å²) in [6, 6.07) is 9.43. The number of ether oxygens (including phenoxy) is 4. The fourth-order valence-electron chi connectivity index (χ4n) is 8.44. The van der Waals surface area contributed by atoms with Crippen molar-refractivity contribution in [1.29, 1.82) is 0 Å². The molecule has 3 fully saturated rings. The maximum absolute atomic E-state index is 13.1. The number of nitrogens with zero attached hydrogens (tertiary/aromatic N) is 5. The maximum atomic E-state index is 13.1. The Hall–Kier alpha value is -5.93. The van der Waals surface area contributed by atoms with Gasteiger partial charge in [0.1, 0.15) is 29.6 Å². The van der Waals surface area contributed by atoms with Crippen molar-refractivity contribution in [2.75, 3.05) is 53.7 Å². The number of aryl methyl sites for hydroxylation is 1. The average Bonchev–Trinajstić information content (AvgIpc) is 3.43. The molecular formula is C42H43N5O10. The van der Waals surface area contributed by atoms with Gasteiger partial charge in [0, 0.05) is 63.8 Å². The van der Waals surface area contributed by atoms with E-state index in [1.54, 1.807) is 44.3 Å². The number of carbonyl (C=O) groups excluding carboxylic acids is 5. The number of fused-ring (bicyclic) bond motifs is 2. The number of carbonyl (C=O) groups is 5. The van der Waals surface area contributed by atoms with E-state index in [1.165, 1.54) is 12.1 Å². The van der Waals surface area contributed by atoms with Crippen LogP contribution in [0.2, 0.25) is 0 Å². The van der Waals surface area contributed by atoms with Crippen molar-refractivity contribution in [3.05, 3.63) is 82.0 Å². The number of pyridine rings is 2. The quantitative estimate of drug-likeness (QED) is 0.111. The highest BCUT2D eigenvalue weighted by molar-refractivity contribution is 6.23. The van der Waals surface area contributed by atoms with Gasteiger partial charge in [-0.25, -0.2) is 0 Å². The molecule has 296 valence electrons. The number of Topliss-reactive ketones (excluding diaryl/α,β-unsaturated/α-hetero) is 2. The lowest BCUT2D eigenvalue weighted by Crippen LogP contribution is -2.77. The summed E-state index contributed by atoms with van der Waals surface area (Å²) in [5.74, 6) is 0.0265. The average molecular weight is 778 g/mol. The van der Waals surface area contributed by atoms with E-state index in [-0.39, 0.29) is 79.4 Å². The summed E-state index contributed by atoms with van der Waals surface area (Å²) in [6.45, 7) is 3.32. The Morgan fingerprint density at radius 2 is 1.65 bits per heavy atom. The number of likely N-dealkylation sites (tertiary alicyclic amines) is 2. The first-order valence-electron chi connectivity index (χ1n) is 19.0. The minimum atomic E-state index is -0.928. The fourth-order valence-corrected chi connectivity index (χ4v) is 8.44. The van der Waals surface area contributed by atoms with Crippen molar-refractivity contribution in [3.8, 4) is 28.4 Å². The summed E-state index contributed by atoms with van der Waals surface area (Å²) in [6.07, 6.45) is 6.31. The van der Waals surface area contributed by atoms with Gasteiger partial charge in [-0.2, -0.15) is 0 Å². The van der Waals surface area contributed by atoms with E-state index in [0.717, 1.165) is 39.9 Å². The lowest BCUT2D eigenvalue weighted by Gasteiger charge is -2.62. The Balaban J connectivity index is 0.811. The number of benzene rings is 2. The highest BCUT2D eigenvalue weighted by atomic mass is 16.5. The number of imide groups is 1. The summed E-state index contributed by atoms with van der Waals surface area (Å²) in [4.78, 5) is 85.3. The first kappa shape index (κ1) is 38.0. The number of rotatable bonds is 13. The van der Waals surface area contributed by atoms with Gasteiger partial charge in [-0.05, 0) is 60.2 Å². The Kier molecular flexibility index (Phi) is 10.1. The van der Waals surface area contributed by atoms with Crippen molar-refractivity contribution < 1.29 is 42.9 Å². The highest BCUT2D eigenvalue weighted by Gasteiger charge is 2.54. The Bertz CT molecular complexity index is 2360. The zero-order valence-electron chi connectivity index (χ0n) is 32.1. The van der Waals surface area contributed by atoms with Crippen molar-refractivity contribution in [1.82, 2.24) is 24.3 Å². The van der Waals surface area contributed by atoms with E-state index in [9.17, 15) is 28.8 Å². The van der Waals surface area contributed by atoms with Crippen LogP contribution in [0.3, 0.4) is 0 Å². The molecule has 1 aliphatic carbocycles. The molecule has 15 heteroatoms. The molecule has 4 aliphatic rings. The second kappa shape index (κ2) is 15.2. The third-order valence-corrected chi connectivity index (χ3v) is 11.7. The van der Waals surface area contributed by atoms with Crippen LogP contribution in [0.5, 0.6) is 17.2 Å². The monoisotopic (exact) mass is 777 g/mol. The minimum Gasteiger partial charge on any atom is -0.496 e. The van der Waals surface area contributed by atoms with Gasteiger partial charge >= 0.3 is 0 Å². The molecule has 0 bridgehead atoms. The molecular weight excluding hydrogens is 734 g/mol. The smallest absolute Gasteiger partial charge is 0.262 e. The van der Waals surface area contributed by atoms with Crippen LogP contribution < -0.4 is 19.8 Å². The van der Waals surface area contributed by atoms with Gasteiger partial charge in [0.15, 0.2) is 5.78 Å². The SMILES string of the molecule is COc1cc(-c2cn(C)c(=O)c3cnccc23)cc(OC)c1CN1CCC12CN(C(=O)CCOCCOc1ccc3c(c1)C(=O)N(C1CCC(=O)CC1=O)C3=O)C2. The van der Waals surface area contributed by atoms with Crippen LogP contribution in [0.15, 0.2) is 59.8 Å². The number of aromatic nitrogens is 2. The van der Waals surface area contributed by atoms with Gasteiger partial charge in [-0.15, -0.1) is 0 Å². The van der Waals surface area contributed by atoms with Crippen LogP contribution in [0, 0.1) is 0 Å². The van der Waals surface area contributed by atoms with Crippen LogP contribution in [0.4, 0.5) is 0 Å². The first-order chi connectivity index (χ1) is 27.5. The van der Waals surface area contributed by atoms with Gasteiger partial charge < -0.3 is 28.4 Å². The molecule has 3 amide bonds. The summed E-state index contributed by atoms with van der Waals surface area (Å²) < 4.78 is 24.8. The Morgan fingerprint density at radius 3 is 2.35 bits per heavy atom. The van der Waals surface area contributed by atoms with Gasteiger partial charge in [0.2, 0.25) is 5.91 Å². The van der Waals surface area contributed by atoms with E-state index in [2.05, 4.69) is 9.88 Å². The molecule has 2 aromatic carbocycles. The fraction of sp³-hybridized carbons (Fsp3) is 0.405. The second-order valence-corrected chi connectivity index (χ2v) is 15.0. The molecule has 3 aliphatic heterocycles. The predicted molar refractivity (Wildman–Crippen MR) is 205 cm³/mol. The molecule has 1 atom stereocenters. The molecule has 2 saturated heterocycles. The number of ketones is 2. The first-order valence-corrected chi connectivity index (χ1v) is 19.0. The van der Waals surface area contributed by atoms with E-state index < -0.39 is 23.6 Å². The standard InChI is InChI=1S/C42H43N5O10/c1-44-21-32(28-8-11-43-20-31(28)39(44)51)25-16-36(54-2)33(37(17-25)55-3)22-46-12-10-42(46)23-45(24-42)38(50)9-13-56-14-15-57-27-5-6-29-30(19-27)41(53)47(40(29)52)34-7-4-26(48)18-35(34)49/h5-6,8,11,16-17,19-21,34H,4,7,9-10,12-15,18,22-24H2,1-3H3. The van der Waals surface area contributed by atoms with E-state index >= 15 is 0 Å². The van der Waals surface area contributed by atoms with Gasteiger partial charge in [0.05, 0.1) is 73.9 Å². The Morgan fingerprint density at radius 1 is 0.895 bits per heavy atom. The van der Waals surface area contributed by atoms with Gasteiger partial charge in [0.25, 0.3) is 17.4 Å². The van der Waals surface area contributed by atoms with Crippen molar-refractivity contribution >= 4 is 40.1 Å². The molecule has 15 nitrogen and oxygen atoms in total. The number of methoxy groups -OCH3 is 2. The van der Waals surface area contributed by atoms with Gasteiger partial charge in [-0.1, -0.05) is 0 Å². The lowest BCUT2D eigenvalue weighted by molar-refractivity contribution is -0.163. The third-order valence-electron chi connectivity index (χ3n) is 11.7. The largest absolute Gasteiger partial charge is 0.496 e. The van der Waals surface area contributed by atoms with Gasteiger partial charge in [-0.3, -0.25) is 43.6 Å². The molecule has 57 heavy (non-hydrogen) atoms. The van der Waals surface area contributed by atoms with E-state index in [1.807, 2.05) is 29.3 Å². The minimum absolute atomic E-state index is 0.0137. The molecule has 0 radical (unpaired) electrons. The van der Waals surface area contributed by atoms with E-state index in [4.69, 9.17) is 18.9 Å². The van der Waals surface area contributed by atoms with Crippen LogP contribution in [0.25, 0.3) is 21.9 Å². The van der Waals surface area contributed by atoms with E-state index in [0.29, 0.717) is 42.3 Å². The zero-order valence-corrected chi connectivity index (χ0v) is 32.1. The summed E-state index contributed by atoms with van der Waals surface area (Å²) in [5.41, 5.74) is 2.76. The van der Waals surface area contributed by atoms with Crippen LogP contribution in [0.1, 0.15) is 58.4 Å². The molecule has 2 aromatic heterocycles. The summed E-state index contributed by atoms with van der Waals surface area (Å²) in [7, 11) is 4.99. The number of amides is 3. The van der Waals surface area contributed by atoms with Crippen LogP contribution >= 0.6 is 0 Å². The highest BCUT2D eigenvalue weighted by Crippen LogP contribution is 2.44. The predicted octanol–water partition coefficient (Wildman–Crippen LogP) is 3.18. The summed E-state index contributed by atoms with van der Waals surface area (Å²) >= 11 is 0. The Labute approximate surface area is 328 Å². The van der Waals surface area contributed by atoms with Crippen molar-refractivity contribution in [3.63, 3.8) is 0 Å². The van der Waals surface area contributed by atoms with Crippen molar-refractivity contribution in [2.24, 2.45) is 7.05 Å². The molecule has 4 aromatic rings. The maximum Gasteiger partial charge on any atom is 0.262 e. The topological polar surface area (TPSA) is 167 Å². The van der Waals surface area contributed by atoms with Crippen LogP contribution in [-0.4, -0.2) is 119 Å². The zero-order chi connectivity index (χ0) is 40.0. The second-order valence-electron chi connectivity index (χ2n) is 15.0.